The number of aryl methyl sites for hydroxylation is 1. The quantitative estimate of drug-likeness (QED) is 0.741. The maximum atomic E-state index is 13.4. The summed E-state index contributed by atoms with van der Waals surface area (Å²) in [6.45, 7) is 1.93. The molecule has 78 valence electrons. The molecule has 1 aromatic carbocycles. The van der Waals surface area contributed by atoms with Gasteiger partial charge < -0.3 is 10.7 Å². The minimum Gasteiger partial charge on any atom is -0.358 e. The normalized spacial score (nSPS) is 10.9. The fraction of sp³-hybridized carbons (Fsp3) is 0.182. The van der Waals surface area contributed by atoms with Crippen molar-refractivity contribution >= 4 is 10.9 Å². The molecule has 2 aromatic rings. The lowest BCUT2D eigenvalue weighted by molar-refractivity contribution is 0.636. The van der Waals surface area contributed by atoms with Crippen LogP contribution in [0.5, 0.6) is 0 Å². The smallest absolute Gasteiger partial charge is 0.194 e. The Morgan fingerprint density at radius 2 is 2.20 bits per heavy atom. The number of hydrogen-bond donors (Lipinski definition) is 2. The zero-order valence-corrected chi connectivity index (χ0v) is 8.30. The second-order valence-electron chi connectivity index (χ2n) is 3.46. The van der Waals surface area contributed by atoms with Crippen molar-refractivity contribution in [2.45, 2.75) is 13.5 Å². The van der Waals surface area contributed by atoms with Gasteiger partial charge in [0.05, 0.1) is 10.9 Å². The van der Waals surface area contributed by atoms with Crippen molar-refractivity contribution in [3.05, 3.63) is 45.5 Å². The summed E-state index contributed by atoms with van der Waals surface area (Å²) in [7, 11) is 0. The number of pyridine rings is 1. The largest absolute Gasteiger partial charge is 0.358 e. The monoisotopic (exact) mass is 206 g/mol. The zero-order valence-electron chi connectivity index (χ0n) is 8.30. The summed E-state index contributed by atoms with van der Waals surface area (Å²) in [5, 5.41) is 0.387. The van der Waals surface area contributed by atoms with Gasteiger partial charge in [-0.05, 0) is 18.6 Å². The Hall–Kier alpha value is -1.68. The SMILES string of the molecule is Cc1ccc(F)c2[nH]cc(CN)c(=O)c12. The van der Waals surface area contributed by atoms with Gasteiger partial charge in [-0.25, -0.2) is 4.39 Å². The Balaban J connectivity index is 2.99. The van der Waals surface area contributed by atoms with Crippen LogP contribution in [0.15, 0.2) is 23.1 Å². The molecule has 0 saturated carbocycles. The third-order valence-corrected chi connectivity index (χ3v) is 2.49. The minimum absolute atomic E-state index is 0.154. The molecule has 0 amide bonds. The highest BCUT2D eigenvalue weighted by Gasteiger charge is 2.09. The molecule has 0 aliphatic carbocycles. The predicted octanol–water partition coefficient (Wildman–Crippen LogP) is 1.43. The number of nitrogens with one attached hydrogen (secondary N) is 1. The van der Waals surface area contributed by atoms with Crippen LogP contribution >= 0.6 is 0 Å². The highest BCUT2D eigenvalue weighted by atomic mass is 19.1. The molecule has 0 spiro atoms. The summed E-state index contributed by atoms with van der Waals surface area (Å²) in [6, 6.07) is 2.93. The van der Waals surface area contributed by atoms with Gasteiger partial charge in [0.25, 0.3) is 0 Å². The second-order valence-corrected chi connectivity index (χ2v) is 3.46. The van der Waals surface area contributed by atoms with Crippen LogP contribution in [0.2, 0.25) is 0 Å². The third-order valence-electron chi connectivity index (χ3n) is 2.49. The predicted molar refractivity (Wildman–Crippen MR) is 57.2 cm³/mol. The molecule has 0 aliphatic rings. The number of rotatable bonds is 1. The molecule has 0 bridgehead atoms. The molecule has 0 unspecified atom stereocenters. The molecular formula is C11H11FN2O. The van der Waals surface area contributed by atoms with Crippen molar-refractivity contribution in [2.24, 2.45) is 5.73 Å². The number of aromatic amines is 1. The highest BCUT2D eigenvalue weighted by Crippen LogP contribution is 2.16. The van der Waals surface area contributed by atoms with E-state index in [0.29, 0.717) is 10.9 Å². The number of benzene rings is 1. The van der Waals surface area contributed by atoms with Crippen LogP contribution in [0.4, 0.5) is 4.39 Å². The van der Waals surface area contributed by atoms with E-state index in [0.717, 1.165) is 5.56 Å². The van der Waals surface area contributed by atoms with Crippen LogP contribution in [0.25, 0.3) is 10.9 Å². The lowest BCUT2D eigenvalue weighted by Crippen LogP contribution is -2.15. The summed E-state index contributed by atoms with van der Waals surface area (Å²) >= 11 is 0. The molecule has 0 saturated heterocycles. The Morgan fingerprint density at radius 1 is 1.47 bits per heavy atom. The fourth-order valence-electron chi connectivity index (χ4n) is 1.65. The van der Waals surface area contributed by atoms with Gasteiger partial charge in [0.1, 0.15) is 5.82 Å². The van der Waals surface area contributed by atoms with Crippen molar-refractivity contribution < 1.29 is 4.39 Å². The lowest BCUT2D eigenvalue weighted by Gasteiger charge is -2.04. The van der Waals surface area contributed by atoms with Crippen LogP contribution in [-0.4, -0.2) is 4.98 Å². The first-order valence-electron chi connectivity index (χ1n) is 4.64. The topological polar surface area (TPSA) is 58.9 Å². The summed E-state index contributed by atoms with van der Waals surface area (Å²) in [6.07, 6.45) is 1.47. The first kappa shape index (κ1) is 9.86. The molecule has 1 aromatic heterocycles. The molecule has 1 heterocycles. The fourth-order valence-corrected chi connectivity index (χ4v) is 1.65. The maximum absolute atomic E-state index is 13.4. The number of fused-ring (bicyclic) bond motifs is 1. The maximum Gasteiger partial charge on any atom is 0.194 e. The molecular weight excluding hydrogens is 195 g/mol. The average molecular weight is 206 g/mol. The van der Waals surface area contributed by atoms with Gasteiger partial charge >= 0.3 is 0 Å². The van der Waals surface area contributed by atoms with Crippen LogP contribution in [0, 0.1) is 12.7 Å². The Kier molecular flexibility index (Phi) is 2.28. The first-order chi connectivity index (χ1) is 7.15. The molecule has 2 rings (SSSR count). The Morgan fingerprint density at radius 3 is 2.87 bits per heavy atom. The number of H-pyrrole nitrogens is 1. The first-order valence-corrected chi connectivity index (χ1v) is 4.64. The van der Waals surface area contributed by atoms with Gasteiger partial charge in [-0.15, -0.1) is 0 Å². The summed E-state index contributed by atoms with van der Waals surface area (Å²) in [4.78, 5) is 14.6. The molecule has 0 radical (unpaired) electrons. The van der Waals surface area contributed by atoms with Gasteiger partial charge in [-0.1, -0.05) is 6.07 Å². The van der Waals surface area contributed by atoms with E-state index < -0.39 is 5.82 Å². The van der Waals surface area contributed by atoms with E-state index in [1.165, 1.54) is 12.3 Å². The summed E-state index contributed by atoms with van der Waals surface area (Å²) < 4.78 is 13.4. The van der Waals surface area contributed by atoms with Gasteiger partial charge in [0.2, 0.25) is 0 Å². The van der Waals surface area contributed by atoms with Crippen LogP contribution < -0.4 is 11.2 Å². The van der Waals surface area contributed by atoms with Crippen LogP contribution in [0.1, 0.15) is 11.1 Å². The van der Waals surface area contributed by atoms with Crippen molar-refractivity contribution in [1.29, 1.82) is 0 Å². The summed E-state index contributed by atoms with van der Waals surface area (Å²) in [5.74, 6) is -0.420. The highest BCUT2D eigenvalue weighted by molar-refractivity contribution is 5.82. The van der Waals surface area contributed by atoms with Gasteiger partial charge in [-0.2, -0.15) is 0 Å². The standard InChI is InChI=1S/C11H11FN2O/c1-6-2-3-8(12)10-9(6)11(15)7(4-13)5-14-10/h2-3,5H,4,13H2,1H3,(H,14,15). The summed E-state index contributed by atoms with van der Waals surface area (Å²) in [5.41, 5.74) is 6.69. The van der Waals surface area contributed by atoms with Crippen molar-refractivity contribution in [1.82, 2.24) is 4.98 Å². The van der Waals surface area contributed by atoms with Gasteiger partial charge in [-0.3, -0.25) is 4.79 Å². The number of halogens is 1. The van der Waals surface area contributed by atoms with Crippen molar-refractivity contribution in [2.75, 3.05) is 0 Å². The Labute approximate surface area is 85.7 Å². The Bertz CT molecular complexity index is 575. The number of aromatic nitrogens is 1. The zero-order chi connectivity index (χ0) is 11.0. The minimum atomic E-state index is -0.420. The van der Waals surface area contributed by atoms with E-state index in [1.54, 1.807) is 13.0 Å². The third kappa shape index (κ3) is 1.43. The lowest BCUT2D eigenvalue weighted by atomic mass is 10.1. The molecule has 0 aliphatic heterocycles. The van der Waals surface area contributed by atoms with Crippen LogP contribution in [-0.2, 0) is 6.54 Å². The average Bonchev–Trinajstić information content (AvgIpc) is 2.23. The van der Waals surface area contributed by atoms with Crippen molar-refractivity contribution in [3.8, 4) is 0 Å². The van der Waals surface area contributed by atoms with E-state index in [9.17, 15) is 9.18 Å². The van der Waals surface area contributed by atoms with E-state index in [2.05, 4.69) is 4.98 Å². The molecule has 3 nitrogen and oxygen atoms in total. The molecule has 3 N–H and O–H groups in total. The van der Waals surface area contributed by atoms with Gasteiger partial charge in [0.15, 0.2) is 5.43 Å². The number of hydrogen-bond acceptors (Lipinski definition) is 2. The van der Waals surface area contributed by atoms with Gasteiger partial charge in [0, 0.05) is 18.3 Å². The van der Waals surface area contributed by atoms with E-state index >= 15 is 0 Å². The molecule has 0 atom stereocenters. The second kappa shape index (κ2) is 3.47. The number of nitrogens with two attached hydrogens (primary N) is 1. The van der Waals surface area contributed by atoms with Crippen LogP contribution in [0.3, 0.4) is 0 Å². The van der Waals surface area contributed by atoms with Crippen molar-refractivity contribution in [3.63, 3.8) is 0 Å². The van der Waals surface area contributed by atoms with E-state index in [1.807, 2.05) is 0 Å². The molecule has 0 fully saturated rings. The van der Waals surface area contributed by atoms with E-state index in [-0.39, 0.29) is 17.5 Å². The molecule has 15 heavy (non-hydrogen) atoms. The molecule has 4 heteroatoms. The van der Waals surface area contributed by atoms with E-state index in [4.69, 9.17) is 5.73 Å².